The second-order valence-corrected chi connectivity index (χ2v) is 6.17. The summed E-state index contributed by atoms with van der Waals surface area (Å²) in [6, 6.07) is -0.954. The summed E-state index contributed by atoms with van der Waals surface area (Å²) < 4.78 is 27.1. The van der Waals surface area contributed by atoms with E-state index >= 15 is 0 Å². The summed E-state index contributed by atoms with van der Waals surface area (Å²) in [6.07, 6.45) is -2.12. The van der Waals surface area contributed by atoms with E-state index in [2.05, 4.69) is 11.9 Å². The number of esters is 3. The van der Waals surface area contributed by atoms with Crippen molar-refractivity contribution in [3.8, 4) is 0 Å². The van der Waals surface area contributed by atoms with Crippen LogP contribution in [0.25, 0.3) is 0 Å². The maximum atomic E-state index is 11.7. The predicted molar refractivity (Wildman–Crippen MR) is 94.8 cm³/mol. The molecule has 0 unspecified atom stereocenters. The minimum absolute atomic E-state index is 0.218. The van der Waals surface area contributed by atoms with Crippen LogP contribution in [0.5, 0.6) is 0 Å². The van der Waals surface area contributed by atoms with E-state index in [9.17, 15) is 19.2 Å². The first-order chi connectivity index (χ1) is 13.1. The van der Waals surface area contributed by atoms with E-state index in [0.29, 0.717) is 6.42 Å². The number of hydrogen-bond acceptors (Lipinski definition) is 9. The number of nitrogens with one attached hydrogen (secondary N) is 1. The molecule has 0 aromatic heterocycles. The Labute approximate surface area is 163 Å². The van der Waals surface area contributed by atoms with Gasteiger partial charge in [-0.2, -0.15) is 0 Å². The molecule has 1 N–H and O–H groups in total. The summed E-state index contributed by atoms with van der Waals surface area (Å²) in [5, 5.41) is 2.61. The second kappa shape index (κ2) is 11.4. The van der Waals surface area contributed by atoms with Gasteiger partial charge in [0.1, 0.15) is 18.8 Å². The van der Waals surface area contributed by atoms with Crippen LogP contribution in [-0.2, 0) is 42.9 Å². The predicted octanol–water partition coefficient (Wildman–Crippen LogP) is 0.235. The fraction of sp³-hybridized carbons (Fsp3) is 0.667. The van der Waals surface area contributed by atoms with E-state index in [1.54, 1.807) is 6.08 Å². The van der Waals surface area contributed by atoms with Crippen molar-refractivity contribution < 1.29 is 42.9 Å². The Morgan fingerprint density at radius 2 is 1.61 bits per heavy atom. The Hall–Kier alpha value is -2.46. The van der Waals surface area contributed by atoms with E-state index in [-0.39, 0.29) is 13.2 Å². The summed E-state index contributed by atoms with van der Waals surface area (Å²) in [6.45, 7) is 8.40. The second-order valence-electron chi connectivity index (χ2n) is 6.17. The molecule has 10 heteroatoms. The molecular weight excluding hydrogens is 374 g/mol. The Morgan fingerprint density at radius 3 is 2.11 bits per heavy atom. The Kier molecular flexibility index (Phi) is 9.60. The van der Waals surface area contributed by atoms with E-state index in [4.69, 9.17) is 23.7 Å². The molecule has 1 fully saturated rings. The molecule has 0 radical (unpaired) electrons. The summed E-state index contributed by atoms with van der Waals surface area (Å²) >= 11 is 0. The monoisotopic (exact) mass is 401 g/mol. The van der Waals surface area contributed by atoms with Crippen LogP contribution in [0, 0.1) is 0 Å². The van der Waals surface area contributed by atoms with Crippen molar-refractivity contribution in [2.45, 2.75) is 64.8 Å². The third-order valence-electron chi connectivity index (χ3n) is 3.68. The number of hydrogen-bond donors (Lipinski definition) is 1. The van der Waals surface area contributed by atoms with Gasteiger partial charge < -0.3 is 29.0 Å². The lowest BCUT2D eigenvalue weighted by molar-refractivity contribution is -0.277. The minimum Gasteiger partial charge on any atom is -0.463 e. The SMILES string of the molecule is C=CCCO[C@@H]1O[C@H](COC(C)=O)[C@@H](OC(C)=O)[C@H](OC(C)=O)[C@H]1NC(C)=O. The third-order valence-corrected chi connectivity index (χ3v) is 3.68. The standard InChI is InChI=1S/C18H27NO9/c1-6-7-8-24-18-15(19-10(2)20)17(27-13(5)23)16(26-12(4)22)14(28-18)9-25-11(3)21/h6,14-18H,1,7-9H2,2-5H3,(H,19,20)/t14-,15-,16-,17-,18-/m1/s1. The van der Waals surface area contributed by atoms with Gasteiger partial charge in [-0.3, -0.25) is 19.2 Å². The Morgan fingerprint density at radius 1 is 1.00 bits per heavy atom. The normalized spacial score (nSPS) is 26.6. The molecule has 1 amide bonds. The number of carbonyl (C=O) groups excluding carboxylic acids is 4. The van der Waals surface area contributed by atoms with Crippen LogP contribution in [0.4, 0.5) is 0 Å². The molecular formula is C18H27NO9. The molecule has 0 bridgehead atoms. The van der Waals surface area contributed by atoms with E-state index in [0.717, 1.165) is 0 Å². The molecule has 0 aliphatic carbocycles. The lowest BCUT2D eigenvalue weighted by Crippen LogP contribution is -2.66. The van der Waals surface area contributed by atoms with Crippen molar-refractivity contribution >= 4 is 23.8 Å². The molecule has 28 heavy (non-hydrogen) atoms. The molecule has 1 rings (SSSR count). The molecule has 158 valence electrons. The van der Waals surface area contributed by atoms with E-state index in [1.165, 1.54) is 27.7 Å². The van der Waals surface area contributed by atoms with Gasteiger partial charge in [-0.05, 0) is 6.42 Å². The first-order valence-electron chi connectivity index (χ1n) is 8.78. The molecule has 1 aliphatic rings. The average molecular weight is 401 g/mol. The molecule has 0 saturated carbocycles. The quantitative estimate of drug-likeness (QED) is 0.250. The Balaban J connectivity index is 3.22. The van der Waals surface area contributed by atoms with Gasteiger partial charge in [0.2, 0.25) is 5.91 Å². The van der Waals surface area contributed by atoms with E-state index < -0.39 is 54.5 Å². The van der Waals surface area contributed by atoms with Crippen molar-refractivity contribution in [2.24, 2.45) is 0 Å². The van der Waals surface area contributed by atoms with Crippen molar-refractivity contribution in [1.82, 2.24) is 5.32 Å². The molecule has 1 saturated heterocycles. The van der Waals surface area contributed by atoms with Crippen molar-refractivity contribution in [3.63, 3.8) is 0 Å². The number of ether oxygens (including phenoxy) is 5. The molecule has 1 heterocycles. The van der Waals surface area contributed by atoms with Crippen molar-refractivity contribution in [2.75, 3.05) is 13.2 Å². The first-order valence-corrected chi connectivity index (χ1v) is 8.78. The van der Waals surface area contributed by atoms with Gasteiger partial charge in [-0.25, -0.2) is 0 Å². The molecule has 10 nitrogen and oxygen atoms in total. The highest BCUT2D eigenvalue weighted by Gasteiger charge is 2.51. The fourth-order valence-electron chi connectivity index (χ4n) is 2.70. The Bertz CT molecular complexity index is 592. The molecule has 0 aromatic rings. The molecule has 5 atom stereocenters. The van der Waals surface area contributed by atoms with Gasteiger partial charge in [-0.1, -0.05) is 6.08 Å². The summed E-state index contributed by atoms with van der Waals surface area (Å²) in [5.41, 5.74) is 0. The van der Waals surface area contributed by atoms with Gasteiger partial charge in [0.25, 0.3) is 0 Å². The average Bonchev–Trinajstić information content (AvgIpc) is 2.57. The van der Waals surface area contributed by atoms with Gasteiger partial charge in [-0.15, -0.1) is 6.58 Å². The van der Waals surface area contributed by atoms with Crippen molar-refractivity contribution in [1.29, 1.82) is 0 Å². The number of rotatable bonds is 9. The third kappa shape index (κ3) is 7.65. The minimum atomic E-state index is -1.13. The summed E-state index contributed by atoms with van der Waals surface area (Å²) in [4.78, 5) is 46.1. The van der Waals surface area contributed by atoms with Crippen LogP contribution >= 0.6 is 0 Å². The number of amides is 1. The molecule has 1 aliphatic heterocycles. The van der Waals surface area contributed by atoms with Gasteiger partial charge in [0.15, 0.2) is 18.5 Å². The zero-order valence-corrected chi connectivity index (χ0v) is 16.5. The van der Waals surface area contributed by atoms with Crippen LogP contribution in [0.2, 0.25) is 0 Å². The zero-order chi connectivity index (χ0) is 21.3. The zero-order valence-electron chi connectivity index (χ0n) is 16.5. The van der Waals surface area contributed by atoms with Gasteiger partial charge in [0, 0.05) is 27.7 Å². The van der Waals surface area contributed by atoms with Gasteiger partial charge >= 0.3 is 17.9 Å². The largest absolute Gasteiger partial charge is 0.463 e. The van der Waals surface area contributed by atoms with Crippen LogP contribution in [-0.4, -0.2) is 67.7 Å². The van der Waals surface area contributed by atoms with Crippen LogP contribution in [0.15, 0.2) is 12.7 Å². The molecule has 0 aromatic carbocycles. The van der Waals surface area contributed by atoms with Crippen LogP contribution in [0.3, 0.4) is 0 Å². The summed E-state index contributed by atoms with van der Waals surface area (Å²) in [5.74, 6) is -2.31. The highest BCUT2D eigenvalue weighted by Crippen LogP contribution is 2.28. The van der Waals surface area contributed by atoms with E-state index in [1.807, 2.05) is 0 Å². The smallest absolute Gasteiger partial charge is 0.303 e. The summed E-state index contributed by atoms with van der Waals surface area (Å²) in [7, 11) is 0. The first kappa shape index (κ1) is 23.6. The maximum Gasteiger partial charge on any atom is 0.303 e. The highest BCUT2D eigenvalue weighted by atomic mass is 16.7. The lowest BCUT2D eigenvalue weighted by Gasteiger charge is -2.44. The lowest BCUT2D eigenvalue weighted by atomic mass is 9.96. The fourth-order valence-corrected chi connectivity index (χ4v) is 2.70. The van der Waals surface area contributed by atoms with Crippen molar-refractivity contribution in [3.05, 3.63) is 12.7 Å². The van der Waals surface area contributed by atoms with Crippen LogP contribution < -0.4 is 5.32 Å². The highest BCUT2D eigenvalue weighted by molar-refractivity contribution is 5.73. The van der Waals surface area contributed by atoms with Crippen LogP contribution in [0.1, 0.15) is 34.1 Å². The molecule has 0 spiro atoms. The topological polar surface area (TPSA) is 126 Å². The number of carbonyl (C=O) groups is 4. The van der Waals surface area contributed by atoms with Gasteiger partial charge in [0.05, 0.1) is 6.61 Å². The maximum absolute atomic E-state index is 11.7.